The Hall–Kier alpha value is -3.41. The summed E-state index contributed by atoms with van der Waals surface area (Å²) >= 11 is 0. The second-order valence-electron chi connectivity index (χ2n) is 19.9. The van der Waals surface area contributed by atoms with Crippen LogP contribution in [0.3, 0.4) is 0 Å². The lowest BCUT2D eigenvalue weighted by Crippen LogP contribution is -2.30. The number of esters is 3. The summed E-state index contributed by atoms with van der Waals surface area (Å²) in [6.45, 7) is 6.56. The van der Waals surface area contributed by atoms with Gasteiger partial charge in [-0.1, -0.05) is 254 Å². The summed E-state index contributed by atoms with van der Waals surface area (Å²) in [5, 5.41) is 0. The van der Waals surface area contributed by atoms with Crippen molar-refractivity contribution in [3.05, 3.63) is 85.1 Å². The molecule has 0 spiro atoms. The topological polar surface area (TPSA) is 78.9 Å². The van der Waals surface area contributed by atoms with E-state index in [0.29, 0.717) is 19.3 Å². The zero-order chi connectivity index (χ0) is 51.4. The molecule has 0 rings (SSSR count). The standard InChI is InChI=1S/C65H112O6/c1-4-7-10-13-16-19-22-25-28-31-32-35-37-40-43-46-49-52-55-58-64(67)70-61-62(71-65(68)59-56-53-50-47-44-41-38-34-30-27-24-21-18-15-12-9-6-3)60-69-63(66)57-54-51-48-45-42-39-36-33-29-26-23-20-17-14-11-8-5-2/h16,18-19,21,25,27-28,30,32,35,38,40-41,43,62H,4-15,17,20,22-24,26,29,31,33-34,36-37,39,42,44-61H2,1-3H3/b19-16-,21-18-,28-25-,30-27-,35-32-,41-38-,43-40-/t62-/m0/s1. The third-order valence-electron chi connectivity index (χ3n) is 12.9. The molecule has 0 N–H and O–H groups in total. The summed E-state index contributed by atoms with van der Waals surface area (Å²) < 4.78 is 16.9. The van der Waals surface area contributed by atoms with Crippen LogP contribution < -0.4 is 0 Å². The van der Waals surface area contributed by atoms with Gasteiger partial charge in [0.25, 0.3) is 0 Å². The van der Waals surface area contributed by atoms with Crippen LogP contribution in [0.1, 0.15) is 290 Å². The number of hydrogen-bond donors (Lipinski definition) is 0. The van der Waals surface area contributed by atoms with Crippen molar-refractivity contribution in [2.45, 2.75) is 297 Å². The normalized spacial score (nSPS) is 12.7. The fraction of sp³-hybridized carbons (Fsp3) is 0.738. The Morgan fingerprint density at radius 3 is 0.831 bits per heavy atom. The number of rotatable bonds is 54. The lowest BCUT2D eigenvalue weighted by molar-refractivity contribution is -0.167. The molecule has 6 nitrogen and oxygen atoms in total. The molecule has 0 fully saturated rings. The van der Waals surface area contributed by atoms with E-state index in [9.17, 15) is 14.4 Å². The molecule has 0 saturated heterocycles. The van der Waals surface area contributed by atoms with E-state index in [1.165, 1.54) is 141 Å². The van der Waals surface area contributed by atoms with E-state index in [1.807, 2.05) is 0 Å². The lowest BCUT2D eigenvalue weighted by atomic mass is 10.0. The first-order valence-corrected chi connectivity index (χ1v) is 30.1. The molecule has 0 aromatic rings. The van der Waals surface area contributed by atoms with Crippen LogP contribution in [0.5, 0.6) is 0 Å². The van der Waals surface area contributed by atoms with Crippen LogP contribution in [0, 0.1) is 0 Å². The maximum absolute atomic E-state index is 12.9. The van der Waals surface area contributed by atoms with Crippen LogP contribution in [0.15, 0.2) is 85.1 Å². The average molecular weight is 990 g/mol. The Morgan fingerprint density at radius 2 is 0.507 bits per heavy atom. The number of hydrogen-bond acceptors (Lipinski definition) is 6. The molecule has 0 unspecified atom stereocenters. The van der Waals surface area contributed by atoms with Crippen LogP contribution in [0.2, 0.25) is 0 Å². The molecule has 0 amide bonds. The summed E-state index contributed by atoms with van der Waals surface area (Å²) in [5.74, 6) is -0.938. The quantitative estimate of drug-likeness (QED) is 0.0261. The van der Waals surface area contributed by atoms with Gasteiger partial charge < -0.3 is 14.2 Å². The molecule has 0 heterocycles. The number of unbranched alkanes of at least 4 members (excludes halogenated alkanes) is 29. The lowest BCUT2D eigenvalue weighted by Gasteiger charge is -2.18. The summed E-state index contributed by atoms with van der Waals surface area (Å²) in [6, 6.07) is 0. The monoisotopic (exact) mass is 989 g/mol. The third-order valence-corrected chi connectivity index (χ3v) is 12.9. The van der Waals surface area contributed by atoms with E-state index in [2.05, 4.69) is 106 Å². The van der Waals surface area contributed by atoms with Crippen molar-refractivity contribution in [1.82, 2.24) is 0 Å². The second-order valence-corrected chi connectivity index (χ2v) is 19.9. The molecule has 6 heteroatoms. The fourth-order valence-corrected chi connectivity index (χ4v) is 8.32. The zero-order valence-electron chi connectivity index (χ0n) is 46.7. The first-order chi connectivity index (χ1) is 35.0. The molecule has 0 saturated carbocycles. The van der Waals surface area contributed by atoms with Crippen molar-refractivity contribution in [3.63, 3.8) is 0 Å². The van der Waals surface area contributed by atoms with Crippen molar-refractivity contribution < 1.29 is 28.6 Å². The van der Waals surface area contributed by atoms with Crippen LogP contribution in [-0.4, -0.2) is 37.2 Å². The molecule has 0 aliphatic heterocycles. The van der Waals surface area contributed by atoms with E-state index in [0.717, 1.165) is 109 Å². The van der Waals surface area contributed by atoms with Crippen LogP contribution in [-0.2, 0) is 28.6 Å². The van der Waals surface area contributed by atoms with Gasteiger partial charge >= 0.3 is 17.9 Å². The number of ether oxygens (including phenoxy) is 3. The van der Waals surface area contributed by atoms with Crippen molar-refractivity contribution in [2.24, 2.45) is 0 Å². The molecule has 0 radical (unpaired) electrons. The van der Waals surface area contributed by atoms with E-state index in [-0.39, 0.29) is 31.1 Å². The van der Waals surface area contributed by atoms with E-state index < -0.39 is 6.10 Å². The maximum atomic E-state index is 12.9. The minimum atomic E-state index is -0.801. The third kappa shape index (κ3) is 57.4. The Balaban J connectivity index is 4.47. The van der Waals surface area contributed by atoms with Gasteiger partial charge in [0, 0.05) is 19.3 Å². The molecule has 0 bridgehead atoms. The van der Waals surface area contributed by atoms with E-state index >= 15 is 0 Å². The molecular formula is C65H112O6. The van der Waals surface area contributed by atoms with Crippen LogP contribution >= 0.6 is 0 Å². The largest absolute Gasteiger partial charge is 0.462 e. The SMILES string of the molecule is CCCCC/C=C\C/C=C\C/C=C\C/C=C\CCCCCC(=O)OC[C@H](COC(=O)CCCCCCCCCCCCCCCCCCC)OC(=O)CCCCCC/C=C\C/C=C\C/C=C\CCCCC. The number of carbonyl (C=O) groups excluding carboxylic acids is 3. The fourth-order valence-electron chi connectivity index (χ4n) is 8.32. The smallest absolute Gasteiger partial charge is 0.306 e. The molecule has 408 valence electrons. The minimum absolute atomic E-state index is 0.0941. The molecule has 0 aliphatic carbocycles. The highest BCUT2D eigenvalue weighted by atomic mass is 16.6. The number of allylic oxidation sites excluding steroid dienone is 14. The van der Waals surface area contributed by atoms with Gasteiger partial charge in [-0.15, -0.1) is 0 Å². The van der Waals surface area contributed by atoms with Crippen molar-refractivity contribution in [3.8, 4) is 0 Å². The Bertz CT molecular complexity index is 1370. The minimum Gasteiger partial charge on any atom is -0.462 e. The number of carbonyl (C=O) groups is 3. The summed E-state index contributed by atoms with van der Waals surface area (Å²) in [6.07, 6.45) is 77.1. The molecule has 0 aromatic heterocycles. The van der Waals surface area contributed by atoms with Crippen molar-refractivity contribution in [2.75, 3.05) is 13.2 Å². The zero-order valence-corrected chi connectivity index (χ0v) is 46.7. The van der Waals surface area contributed by atoms with Gasteiger partial charge in [-0.05, 0) is 103 Å². The first kappa shape index (κ1) is 67.6. The van der Waals surface area contributed by atoms with Gasteiger partial charge in [0.1, 0.15) is 13.2 Å². The van der Waals surface area contributed by atoms with Crippen molar-refractivity contribution >= 4 is 17.9 Å². The molecule has 71 heavy (non-hydrogen) atoms. The summed E-state index contributed by atoms with van der Waals surface area (Å²) in [4.78, 5) is 38.2. The molecule has 0 aliphatic rings. The molecule has 0 aromatic carbocycles. The Morgan fingerprint density at radius 1 is 0.282 bits per heavy atom. The molecule has 1 atom stereocenters. The first-order valence-electron chi connectivity index (χ1n) is 30.1. The van der Waals surface area contributed by atoms with Crippen molar-refractivity contribution in [1.29, 1.82) is 0 Å². The summed E-state index contributed by atoms with van der Waals surface area (Å²) in [7, 11) is 0. The molecular weight excluding hydrogens is 877 g/mol. The van der Waals surface area contributed by atoms with Gasteiger partial charge in [-0.3, -0.25) is 14.4 Å². The van der Waals surface area contributed by atoms with Gasteiger partial charge in [-0.2, -0.15) is 0 Å². The van der Waals surface area contributed by atoms with Gasteiger partial charge in [0.05, 0.1) is 0 Å². The average Bonchev–Trinajstić information content (AvgIpc) is 3.37. The van der Waals surface area contributed by atoms with E-state index in [4.69, 9.17) is 14.2 Å². The second kappa shape index (κ2) is 59.2. The predicted molar refractivity (Wildman–Crippen MR) is 307 cm³/mol. The van der Waals surface area contributed by atoms with Crippen LogP contribution in [0.25, 0.3) is 0 Å². The highest BCUT2D eigenvalue weighted by molar-refractivity contribution is 5.71. The van der Waals surface area contributed by atoms with Crippen LogP contribution in [0.4, 0.5) is 0 Å². The predicted octanol–water partition coefficient (Wildman–Crippen LogP) is 20.3. The Kier molecular flexibility index (Phi) is 56.3. The highest BCUT2D eigenvalue weighted by Gasteiger charge is 2.19. The Labute approximate surface area is 439 Å². The van der Waals surface area contributed by atoms with E-state index in [1.54, 1.807) is 0 Å². The highest BCUT2D eigenvalue weighted by Crippen LogP contribution is 2.16. The van der Waals surface area contributed by atoms with Gasteiger partial charge in [0.2, 0.25) is 0 Å². The summed E-state index contributed by atoms with van der Waals surface area (Å²) in [5.41, 5.74) is 0. The van der Waals surface area contributed by atoms with Gasteiger partial charge in [-0.25, -0.2) is 0 Å². The van der Waals surface area contributed by atoms with Gasteiger partial charge in [0.15, 0.2) is 6.10 Å². The maximum Gasteiger partial charge on any atom is 0.306 e.